The molecule has 0 N–H and O–H groups in total. The van der Waals surface area contributed by atoms with Gasteiger partial charge in [-0.15, -0.1) is 0 Å². The third-order valence-corrected chi connectivity index (χ3v) is 3.21. The van der Waals surface area contributed by atoms with Crippen LogP contribution in [0, 0.1) is 0 Å². The Balaban J connectivity index is 1.85. The predicted octanol–water partition coefficient (Wildman–Crippen LogP) is 4.11. The average molecular weight is 251 g/mol. The largest absolute Gasteiger partial charge is 0.454 e. The van der Waals surface area contributed by atoms with Crippen molar-refractivity contribution in [1.82, 2.24) is 0 Å². The number of fused-ring (bicyclic) bond motifs is 2. The van der Waals surface area contributed by atoms with Crippen molar-refractivity contribution >= 4 is 11.0 Å². The number of hydrogen-bond donors (Lipinski definition) is 0. The third-order valence-electron chi connectivity index (χ3n) is 3.21. The first-order chi connectivity index (χ1) is 9.40. The lowest BCUT2D eigenvalue weighted by Crippen LogP contribution is -1.92. The van der Waals surface area contributed by atoms with Gasteiger partial charge in [-0.1, -0.05) is 12.1 Å². The lowest BCUT2D eigenvalue weighted by Gasteiger charge is -1.97. The van der Waals surface area contributed by atoms with E-state index in [1.165, 1.54) is 0 Å². The molecule has 19 heavy (non-hydrogen) atoms. The van der Waals surface area contributed by atoms with Gasteiger partial charge in [-0.2, -0.15) is 0 Å². The van der Waals surface area contributed by atoms with Crippen LogP contribution in [0.4, 0.5) is 0 Å². The maximum atomic E-state index is 5.91. The molecule has 2 aromatic carbocycles. The number of hydrogen-bond acceptors (Lipinski definition) is 2. The molecule has 92 valence electrons. The van der Waals surface area contributed by atoms with Gasteiger partial charge in [0.05, 0.1) is 10.9 Å². The lowest BCUT2D eigenvalue weighted by molar-refractivity contribution is 0.174. The fourth-order valence-corrected chi connectivity index (χ4v) is 2.23. The monoisotopic (exact) mass is 251 g/mol. The minimum atomic E-state index is 0.285. The van der Waals surface area contributed by atoms with Gasteiger partial charge in [-0.3, -0.25) is 0 Å². The summed E-state index contributed by atoms with van der Waals surface area (Å²) in [7, 11) is 0. The highest BCUT2D eigenvalue weighted by atomic mass is 16.7. The first kappa shape index (κ1) is 10.4. The lowest BCUT2D eigenvalue weighted by atomic mass is 10.1. The Morgan fingerprint density at radius 2 is 1.74 bits per heavy atom. The van der Waals surface area contributed by atoms with E-state index < -0.39 is 0 Å². The van der Waals surface area contributed by atoms with Crippen molar-refractivity contribution in [2.75, 3.05) is 6.79 Å². The molecule has 0 amide bonds. The van der Waals surface area contributed by atoms with Crippen LogP contribution in [0.1, 0.15) is 0 Å². The zero-order valence-electron chi connectivity index (χ0n) is 10.1. The normalized spacial score (nSPS) is 12.8. The minimum Gasteiger partial charge on any atom is -0.454 e. The van der Waals surface area contributed by atoms with Crippen LogP contribution in [0.2, 0.25) is 0 Å². The first-order valence-electron chi connectivity index (χ1n) is 6.12. The molecule has 0 saturated heterocycles. The molecular formula is C16H11O3+. The number of para-hydroxylation sites is 1. The molecule has 0 bridgehead atoms. The van der Waals surface area contributed by atoms with Gasteiger partial charge >= 0.3 is 11.3 Å². The quantitative estimate of drug-likeness (QED) is 0.609. The van der Waals surface area contributed by atoms with E-state index in [1.807, 2.05) is 48.5 Å². The van der Waals surface area contributed by atoms with Gasteiger partial charge in [-0.25, -0.2) is 4.42 Å². The Kier molecular flexibility index (Phi) is 2.18. The zero-order chi connectivity index (χ0) is 12.7. The van der Waals surface area contributed by atoms with E-state index in [2.05, 4.69) is 6.07 Å². The summed E-state index contributed by atoms with van der Waals surface area (Å²) in [6.45, 7) is 0.285. The molecule has 0 aliphatic carbocycles. The second-order valence-corrected chi connectivity index (χ2v) is 4.41. The summed E-state index contributed by atoms with van der Waals surface area (Å²) in [4.78, 5) is 0. The van der Waals surface area contributed by atoms with E-state index in [9.17, 15) is 0 Å². The standard InChI is InChI=1S/C16H11O3/c1-2-4-13-11(3-1)5-7-14(19-13)12-6-8-15-16(9-12)18-10-17-15/h1-9H,10H2/q+1. The molecule has 1 aliphatic heterocycles. The molecule has 3 nitrogen and oxygen atoms in total. The van der Waals surface area contributed by atoms with Crippen LogP contribution in [-0.4, -0.2) is 6.79 Å². The molecule has 3 aromatic rings. The van der Waals surface area contributed by atoms with Crippen molar-refractivity contribution in [3.63, 3.8) is 0 Å². The van der Waals surface area contributed by atoms with Crippen molar-refractivity contribution in [1.29, 1.82) is 0 Å². The molecule has 2 heterocycles. The van der Waals surface area contributed by atoms with E-state index in [0.29, 0.717) is 0 Å². The van der Waals surface area contributed by atoms with E-state index in [-0.39, 0.29) is 6.79 Å². The van der Waals surface area contributed by atoms with E-state index >= 15 is 0 Å². The van der Waals surface area contributed by atoms with Crippen LogP contribution in [-0.2, 0) is 0 Å². The maximum absolute atomic E-state index is 5.91. The summed E-state index contributed by atoms with van der Waals surface area (Å²) in [6.07, 6.45) is 0. The Hall–Kier alpha value is -2.55. The van der Waals surface area contributed by atoms with Crippen molar-refractivity contribution in [3.05, 3.63) is 54.6 Å². The van der Waals surface area contributed by atoms with Gasteiger partial charge in [0.2, 0.25) is 6.79 Å². The van der Waals surface area contributed by atoms with Crippen LogP contribution in [0.15, 0.2) is 59.0 Å². The van der Waals surface area contributed by atoms with Crippen LogP contribution in [0.5, 0.6) is 11.5 Å². The topological polar surface area (TPSA) is 29.8 Å². The fourth-order valence-electron chi connectivity index (χ4n) is 2.23. The number of ether oxygens (including phenoxy) is 2. The van der Waals surface area contributed by atoms with E-state index in [0.717, 1.165) is 33.8 Å². The minimum absolute atomic E-state index is 0.285. The molecule has 0 atom stereocenters. The van der Waals surface area contributed by atoms with E-state index in [4.69, 9.17) is 13.9 Å². The average Bonchev–Trinajstić information content (AvgIpc) is 2.94. The molecular weight excluding hydrogens is 240 g/mol. The molecule has 0 fully saturated rings. The summed E-state index contributed by atoms with van der Waals surface area (Å²) in [5, 5.41) is 1.09. The summed E-state index contributed by atoms with van der Waals surface area (Å²) in [5.74, 6) is 2.36. The van der Waals surface area contributed by atoms with Gasteiger partial charge in [0, 0.05) is 18.2 Å². The summed E-state index contributed by atoms with van der Waals surface area (Å²) < 4.78 is 16.6. The van der Waals surface area contributed by atoms with Gasteiger partial charge in [-0.05, 0) is 24.3 Å². The van der Waals surface area contributed by atoms with Gasteiger partial charge in [0.15, 0.2) is 11.5 Å². The van der Waals surface area contributed by atoms with Gasteiger partial charge in [0.25, 0.3) is 0 Å². The molecule has 1 aromatic heterocycles. The van der Waals surface area contributed by atoms with Gasteiger partial charge in [0.1, 0.15) is 0 Å². The highest BCUT2D eigenvalue weighted by Gasteiger charge is 2.19. The summed E-state index contributed by atoms with van der Waals surface area (Å²) >= 11 is 0. The Labute approximate surface area is 110 Å². The molecule has 0 unspecified atom stereocenters. The summed E-state index contributed by atoms with van der Waals surface area (Å²) in [6, 6.07) is 17.8. The zero-order valence-corrected chi connectivity index (χ0v) is 10.1. The van der Waals surface area contributed by atoms with Crippen molar-refractivity contribution in [2.45, 2.75) is 0 Å². The maximum Gasteiger partial charge on any atom is 0.360 e. The number of rotatable bonds is 1. The Morgan fingerprint density at radius 3 is 2.74 bits per heavy atom. The molecule has 0 radical (unpaired) electrons. The van der Waals surface area contributed by atoms with Gasteiger partial charge < -0.3 is 9.47 Å². The van der Waals surface area contributed by atoms with Crippen molar-refractivity contribution in [2.24, 2.45) is 0 Å². The first-order valence-corrected chi connectivity index (χ1v) is 6.12. The summed E-state index contributed by atoms with van der Waals surface area (Å²) in [5.41, 5.74) is 1.85. The molecule has 0 saturated carbocycles. The molecule has 1 aliphatic rings. The van der Waals surface area contributed by atoms with E-state index in [1.54, 1.807) is 0 Å². The SMILES string of the molecule is c1ccc2[o+]c(-c3ccc4c(c3)OCO4)ccc2c1. The van der Waals surface area contributed by atoms with Crippen LogP contribution in [0.3, 0.4) is 0 Å². The second-order valence-electron chi connectivity index (χ2n) is 4.41. The Bertz CT molecular complexity index is 765. The molecule has 4 rings (SSSR count). The molecule has 0 spiro atoms. The van der Waals surface area contributed by atoms with Crippen LogP contribution < -0.4 is 9.47 Å². The number of benzene rings is 2. The highest BCUT2D eigenvalue weighted by molar-refractivity contribution is 5.78. The third kappa shape index (κ3) is 1.71. The smallest absolute Gasteiger partial charge is 0.360 e. The fraction of sp³-hybridized carbons (Fsp3) is 0.0625. The van der Waals surface area contributed by atoms with Crippen LogP contribution in [0.25, 0.3) is 22.3 Å². The molecule has 3 heteroatoms. The second kappa shape index (κ2) is 3.99. The van der Waals surface area contributed by atoms with Crippen molar-refractivity contribution < 1.29 is 13.9 Å². The van der Waals surface area contributed by atoms with Crippen LogP contribution >= 0.6 is 0 Å². The highest BCUT2D eigenvalue weighted by Crippen LogP contribution is 2.36. The Morgan fingerprint density at radius 1 is 0.842 bits per heavy atom. The van der Waals surface area contributed by atoms with Crippen molar-refractivity contribution in [3.8, 4) is 22.8 Å². The predicted molar refractivity (Wildman–Crippen MR) is 72.2 cm³/mol.